The molecule has 0 unspecified atom stereocenters. The zero-order valence-corrected chi connectivity index (χ0v) is 9.03. The second-order valence-electron chi connectivity index (χ2n) is 3.00. The van der Waals surface area contributed by atoms with Gasteiger partial charge in [0.25, 0.3) is 0 Å². The van der Waals surface area contributed by atoms with Gasteiger partial charge in [-0.15, -0.1) is 24.0 Å². The Kier molecular flexibility index (Phi) is 2.42. The monoisotopic (exact) mass is 206 g/mol. The van der Waals surface area contributed by atoms with E-state index in [-0.39, 0.29) is 0 Å². The van der Waals surface area contributed by atoms with Gasteiger partial charge in [0.2, 0.25) is 0 Å². The van der Waals surface area contributed by atoms with Crippen molar-refractivity contribution in [3.63, 3.8) is 0 Å². The molecule has 2 aromatic rings. The Morgan fingerprint density at radius 2 is 2.08 bits per heavy atom. The van der Waals surface area contributed by atoms with Crippen LogP contribution in [0, 0.1) is 6.92 Å². The first-order valence-corrected chi connectivity index (χ1v) is 5.43. The van der Waals surface area contributed by atoms with Gasteiger partial charge in [0.15, 0.2) is 0 Å². The molecule has 1 aromatic heterocycles. The van der Waals surface area contributed by atoms with Gasteiger partial charge in [-0.25, -0.2) is 0 Å². The SMILES string of the molecule is Cc1ccc(-c2cccs2)c(S)c1. The molecule has 0 radical (unpaired) electrons. The normalized spacial score (nSPS) is 10.3. The summed E-state index contributed by atoms with van der Waals surface area (Å²) in [4.78, 5) is 2.34. The van der Waals surface area contributed by atoms with E-state index >= 15 is 0 Å². The number of thiophene rings is 1. The molecule has 0 aliphatic carbocycles. The van der Waals surface area contributed by atoms with Crippen molar-refractivity contribution in [2.75, 3.05) is 0 Å². The Morgan fingerprint density at radius 3 is 2.69 bits per heavy atom. The second kappa shape index (κ2) is 3.56. The maximum atomic E-state index is 4.46. The van der Waals surface area contributed by atoms with Gasteiger partial charge in [0.1, 0.15) is 0 Å². The summed E-state index contributed by atoms with van der Waals surface area (Å²) in [6.07, 6.45) is 0. The quantitative estimate of drug-likeness (QED) is 0.670. The fourth-order valence-electron chi connectivity index (χ4n) is 1.28. The molecule has 2 rings (SSSR count). The summed E-state index contributed by atoms with van der Waals surface area (Å²) in [5.74, 6) is 0. The molecule has 0 N–H and O–H groups in total. The molecule has 0 saturated carbocycles. The molecular formula is C11H10S2. The minimum atomic E-state index is 1.06. The standard InChI is InChI=1S/C11H10S2/c1-8-4-5-9(10(12)7-8)11-3-2-6-13-11/h2-7,12H,1H3. The van der Waals surface area contributed by atoms with Gasteiger partial charge < -0.3 is 0 Å². The lowest BCUT2D eigenvalue weighted by molar-refractivity contribution is 1.37. The molecule has 0 amide bonds. The van der Waals surface area contributed by atoms with Crippen molar-refractivity contribution < 1.29 is 0 Å². The van der Waals surface area contributed by atoms with Crippen LogP contribution in [-0.4, -0.2) is 0 Å². The molecule has 0 nitrogen and oxygen atoms in total. The minimum absolute atomic E-state index is 1.06. The number of benzene rings is 1. The van der Waals surface area contributed by atoms with Crippen molar-refractivity contribution in [1.82, 2.24) is 0 Å². The number of thiol groups is 1. The molecule has 0 bridgehead atoms. The topological polar surface area (TPSA) is 0 Å². The maximum absolute atomic E-state index is 4.46. The third-order valence-corrected chi connectivity index (χ3v) is 3.21. The van der Waals surface area contributed by atoms with Gasteiger partial charge in [-0.1, -0.05) is 18.2 Å². The van der Waals surface area contributed by atoms with E-state index in [2.05, 4.69) is 55.3 Å². The Bertz CT molecular complexity index is 402. The molecule has 1 aromatic carbocycles. The van der Waals surface area contributed by atoms with Crippen LogP contribution in [0.2, 0.25) is 0 Å². The first-order valence-electron chi connectivity index (χ1n) is 4.11. The average molecular weight is 206 g/mol. The van der Waals surface area contributed by atoms with Gasteiger partial charge >= 0.3 is 0 Å². The molecule has 66 valence electrons. The lowest BCUT2D eigenvalue weighted by atomic mass is 10.1. The zero-order valence-electron chi connectivity index (χ0n) is 7.32. The molecule has 0 aliphatic heterocycles. The van der Waals surface area contributed by atoms with Crippen molar-refractivity contribution in [2.24, 2.45) is 0 Å². The van der Waals surface area contributed by atoms with Crippen molar-refractivity contribution >= 4 is 24.0 Å². The Hall–Kier alpha value is -0.730. The predicted octanol–water partition coefficient (Wildman–Crippen LogP) is 4.01. The van der Waals surface area contributed by atoms with Gasteiger partial charge in [0, 0.05) is 15.3 Å². The third-order valence-electron chi connectivity index (χ3n) is 1.94. The summed E-state index contributed by atoms with van der Waals surface area (Å²) < 4.78 is 0. The maximum Gasteiger partial charge on any atom is 0.0353 e. The highest BCUT2D eigenvalue weighted by Crippen LogP contribution is 2.30. The molecule has 1 heterocycles. The van der Waals surface area contributed by atoms with Crippen LogP contribution in [0.3, 0.4) is 0 Å². The largest absolute Gasteiger partial charge is 0.144 e. The third kappa shape index (κ3) is 1.79. The first-order chi connectivity index (χ1) is 6.27. The highest BCUT2D eigenvalue weighted by Gasteiger charge is 2.02. The van der Waals surface area contributed by atoms with Crippen LogP contribution in [0.1, 0.15) is 5.56 Å². The minimum Gasteiger partial charge on any atom is -0.144 e. The van der Waals surface area contributed by atoms with E-state index < -0.39 is 0 Å². The van der Waals surface area contributed by atoms with Crippen LogP contribution in [-0.2, 0) is 0 Å². The van der Waals surface area contributed by atoms with Crippen LogP contribution in [0.5, 0.6) is 0 Å². The number of aryl methyl sites for hydroxylation is 1. The first kappa shape index (κ1) is 8.85. The summed E-state index contributed by atoms with van der Waals surface area (Å²) in [5, 5.41) is 2.09. The summed E-state index contributed by atoms with van der Waals surface area (Å²) in [5.41, 5.74) is 2.48. The Labute approximate surface area is 87.6 Å². The van der Waals surface area contributed by atoms with Crippen LogP contribution in [0.4, 0.5) is 0 Å². The highest BCUT2D eigenvalue weighted by atomic mass is 32.1. The van der Waals surface area contributed by atoms with E-state index in [1.54, 1.807) is 11.3 Å². The lowest BCUT2D eigenvalue weighted by Crippen LogP contribution is -1.77. The number of hydrogen-bond acceptors (Lipinski definition) is 2. The van der Waals surface area contributed by atoms with E-state index in [0.29, 0.717) is 0 Å². The van der Waals surface area contributed by atoms with Crippen LogP contribution < -0.4 is 0 Å². The van der Waals surface area contributed by atoms with Gasteiger partial charge in [0.05, 0.1) is 0 Å². The second-order valence-corrected chi connectivity index (χ2v) is 4.43. The smallest absolute Gasteiger partial charge is 0.0353 e. The zero-order chi connectivity index (χ0) is 9.26. The molecular weight excluding hydrogens is 196 g/mol. The van der Waals surface area contributed by atoms with E-state index in [9.17, 15) is 0 Å². The van der Waals surface area contributed by atoms with Crippen molar-refractivity contribution in [3.8, 4) is 10.4 Å². The molecule has 0 aliphatic rings. The summed E-state index contributed by atoms with van der Waals surface area (Å²) >= 11 is 6.21. The van der Waals surface area contributed by atoms with Crippen molar-refractivity contribution in [3.05, 3.63) is 41.3 Å². The fourth-order valence-corrected chi connectivity index (χ4v) is 2.52. The molecule has 0 atom stereocenters. The molecule has 2 heteroatoms. The van der Waals surface area contributed by atoms with Gasteiger partial charge in [-0.2, -0.15) is 0 Å². The van der Waals surface area contributed by atoms with E-state index in [1.165, 1.54) is 16.0 Å². The van der Waals surface area contributed by atoms with Crippen LogP contribution in [0.15, 0.2) is 40.6 Å². The summed E-state index contributed by atoms with van der Waals surface area (Å²) in [7, 11) is 0. The van der Waals surface area contributed by atoms with Crippen molar-refractivity contribution in [1.29, 1.82) is 0 Å². The lowest BCUT2D eigenvalue weighted by Gasteiger charge is -2.02. The average Bonchev–Trinajstić information content (AvgIpc) is 2.56. The summed E-state index contributed by atoms with van der Waals surface area (Å²) in [6.45, 7) is 2.08. The fraction of sp³-hybridized carbons (Fsp3) is 0.0909. The van der Waals surface area contributed by atoms with Gasteiger partial charge in [-0.3, -0.25) is 0 Å². The van der Waals surface area contributed by atoms with E-state index in [0.717, 1.165) is 4.90 Å². The molecule has 0 spiro atoms. The Morgan fingerprint density at radius 1 is 1.23 bits per heavy atom. The predicted molar refractivity (Wildman–Crippen MR) is 61.7 cm³/mol. The van der Waals surface area contributed by atoms with Gasteiger partial charge in [-0.05, 0) is 30.0 Å². The van der Waals surface area contributed by atoms with Crippen molar-refractivity contribution in [2.45, 2.75) is 11.8 Å². The molecule has 13 heavy (non-hydrogen) atoms. The highest BCUT2D eigenvalue weighted by molar-refractivity contribution is 7.80. The van der Waals surface area contributed by atoms with Crippen LogP contribution >= 0.6 is 24.0 Å². The van der Waals surface area contributed by atoms with E-state index in [4.69, 9.17) is 0 Å². The number of hydrogen-bond donors (Lipinski definition) is 1. The Balaban J connectivity index is 2.53. The van der Waals surface area contributed by atoms with E-state index in [1.807, 2.05) is 0 Å². The molecule has 0 saturated heterocycles. The van der Waals surface area contributed by atoms with Crippen LogP contribution in [0.25, 0.3) is 10.4 Å². The molecule has 0 fully saturated rings. The summed E-state index contributed by atoms with van der Waals surface area (Å²) in [6, 6.07) is 10.5. The number of rotatable bonds is 1.